The molecule has 0 rings (SSSR count). The lowest BCUT2D eigenvalue weighted by Crippen LogP contribution is -2.24. The van der Waals surface area contributed by atoms with Crippen LogP contribution in [-0.4, -0.2) is 17.3 Å². The lowest BCUT2D eigenvalue weighted by Gasteiger charge is -2.29. The topological polar surface area (TPSA) is 0 Å². The first-order valence-electron chi connectivity index (χ1n) is 4.71. The van der Waals surface area contributed by atoms with Crippen molar-refractivity contribution >= 4 is 24.4 Å². The van der Waals surface area contributed by atoms with E-state index in [1.165, 1.54) is 17.9 Å². The summed E-state index contributed by atoms with van der Waals surface area (Å²) in [7, 11) is 0. The van der Waals surface area contributed by atoms with Crippen LogP contribution in [0.5, 0.6) is 0 Å². The van der Waals surface area contributed by atoms with Gasteiger partial charge in [-0.25, -0.2) is 0 Å². The fourth-order valence-corrected chi connectivity index (χ4v) is 3.16. The van der Waals surface area contributed by atoms with Crippen LogP contribution in [0, 0.1) is 11.3 Å². The van der Waals surface area contributed by atoms with Crippen LogP contribution in [-0.2, 0) is 0 Å². The van der Waals surface area contributed by atoms with Crippen molar-refractivity contribution in [2.75, 3.05) is 17.3 Å². The van der Waals surface area contributed by atoms with E-state index in [1.807, 2.05) is 0 Å². The zero-order valence-electron chi connectivity index (χ0n) is 8.76. The summed E-state index contributed by atoms with van der Waals surface area (Å²) in [4.78, 5) is 0. The van der Waals surface area contributed by atoms with Gasteiger partial charge in [0.05, 0.1) is 0 Å². The molecular formula is C10H22S2. The number of hydrogen-bond donors (Lipinski definition) is 1. The molecule has 0 fully saturated rings. The summed E-state index contributed by atoms with van der Waals surface area (Å²) in [5.74, 6) is 4.32. The average molecular weight is 206 g/mol. The van der Waals surface area contributed by atoms with E-state index in [0.717, 1.165) is 11.7 Å². The molecule has 0 nitrogen and oxygen atoms in total. The molecule has 1 unspecified atom stereocenters. The molecular weight excluding hydrogens is 184 g/mol. The van der Waals surface area contributed by atoms with Gasteiger partial charge in [0, 0.05) is 0 Å². The van der Waals surface area contributed by atoms with Crippen LogP contribution in [0.2, 0.25) is 0 Å². The van der Waals surface area contributed by atoms with E-state index in [1.54, 1.807) is 0 Å². The summed E-state index contributed by atoms with van der Waals surface area (Å²) in [5, 5.41) is 0. The summed E-state index contributed by atoms with van der Waals surface area (Å²) < 4.78 is 0. The first-order valence-corrected chi connectivity index (χ1v) is 6.49. The lowest BCUT2D eigenvalue weighted by atomic mass is 9.83. The molecule has 0 aliphatic rings. The Morgan fingerprint density at radius 3 is 2.25 bits per heavy atom. The van der Waals surface area contributed by atoms with Crippen LogP contribution >= 0.6 is 24.4 Å². The Hall–Kier alpha value is 0.700. The first kappa shape index (κ1) is 12.7. The van der Waals surface area contributed by atoms with Crippen molar-refractivity contribution in [1.29, 1.82) is 0 Å². The molecule has 12 heavy (non-hydrogen) atoms. The predicted octanol–water partition coefficient (Wildman–Crippen LogP) is 3.72. The smallest absolute Gasteiger partial charge is 0.00263 e. The van der Waals surface area contributed by atoms with Crippen LogP contribution in [0.15, 0.2) is 0 Å². The SMILES string of the molecule is CCCSCC(CS)C(C)(C)C. The van der Waals surface area contributed by atoms with Crippen molar-refractivity contribution in [3.63, 3.8) is 0 Å². The van der Waals surface area contributed by atoms with Crippen LogP contribution in [0.1, 0.15) is 34.1 Å². The molecule has 0 aliphatic carbocycles. The van der Waals surface area contributed by atoms with Crippen molar-refractivity contribution < 1.29 is 0 Å². The molecule has 0 N–H and O–H groups in total. The average Bonchev–Trinajstić information content (AvgIpc) is 1.95. The Bertz CT molecular complexity index is 105. The van der Waals surface area contributed by atoms with E-state index < -0.39 is 0 Å². The van der Waals surface area contributed by atoms with Crippen molar-refractivity contribution in [1.82, 2.24) is 0 Å². The van der Waals surface area contributed by atoms with E-state index in [9.17, 15) is 0 Å². The third-order valence-corrected chi connectivity index (χ3v) is 3.89. The van der Waals surface area contributed by atoms with Gasteiger partial charge < -0.3 is 0 Å². The maximum atomic E-state index is 4.40. The summed E-state index contributed by atoms with van der Waals surface area (Å²) in [6.07, 6.45) is 1.29. The van der Waals surface area contributed by atoms with Crippen molar-refractivity contribution in [3.8, 4) is 0 Å². The van der Waals surface area contributed by atoms with E-state index in [4.69, 9.17) is 0 Å². The van der Waals surface area contributed by atoms with Gasteiger partial charge in [-0.15, -0.1) is 0 Å². The summed E-state index contributed by atoms with van der Waals surface area (Å²) in [6.45, 7) is 9.15. The fourth-order valence-electron chi connectivity index (χ4n) is 0.946. The van der Waals surface area contributed by atoms with E-state index in [-0.39, 0.29) is 0 Å². The summed E-state index contributed by atoms with van der Waals surface area (Å²) in [6, 6.07) is 0. The summed E-state index contributed by atoms with van der Waals surface area (Å²) in [5.41, 5.74) is 0.419. The number of rotatable bonds is 5. The molecule has 0 amide bonds. The van der Waals surface area contributed by atoms with Gasteiger partial charge >= 0.3 is 0 Å². The summed E-state index contributed by atoms with van der Waals surface area (Å²) >= 11 is 6.46. The lowest BCUT2D eigenvalue weighted by molar-refractivity contribution is 0.294. The van der Waals surface area contributed by atoms with Gasteiger partial charge in [-0.05, 0) is 35.0 Å². The molecule has 1 atom stereocenters. The molecule has 0 spiro atoms. The monoisotopic (exact) mass is 206 g/mol. The molecule has 0 heterocycles. The van der Waals surface area contributed by atoms with Crippen molar-refractivity contribution in [2.45, 2.75) is 34.1 Å². The quantitative estimate of drug-likeness (QED) is 0.528. The number of thiol groups is 1. The van der Waals surface area contributed by atoms with Gasteiger partial charge in [-0.2, -0.15) is 24.4 Å². The Kier molecular flexibility index (Phi) is 6.56. The molecule has 2 heteroatoms. The minimum Gasteiger partial charge on any atom is -0.179 e. The van der Waals surface area contributed by atoms with Crippen molar-refractivity contribution in [2.24, 2.45) is 11.3 Å². The van der Waals surface area contributed by atoms with Gasteiger partial charge in [-0.3, -0.25) is 0 Å². The molecule has 0 saturated heterocycles. The molecule has 74 valence electrons. The molecule has 0 aromatic heterocycles. The normalized spacial score (nSPS) is 14.8. The maximum absolute atomic E-state index is 4.40. The second kappa shape index (κ2) is 6.20. The Labute approximate surface area is 87.3 Å². The van der Waals surface area contributed by atoms with E-state index in [0.29, 0.717) is 5.41 Å². The largest absolute Gasteiger partial charge is 0.179 e. The molecule has 0 bridgehead atoms. The number of thioether (sulfide) groups is 1. The third kappa shape index (κ3) is 5.36. The Balaban J connectivity index is 3.68. The Morgan fingerprint density at radius 1 is 1.33 bits per heavy atom. The van der Waals surface area contributed by atoms with Gasteiger partial charge in [-0.1, -0.05) is 27.7 Å². The van der Waals surface area contributed by atoms with Gasteiger partial charge in [0.25, 0.3) is 0 Å². The maximum Gasteiger partial charge on any atom is -0.00263 e. The standard InChI is InChI=1S/C10H22S2/c1-5-6-12-8-9(7-11)10(2,3)4/h9,11H,5-8H2,1-4H3. The second-order valence-corrected chi connectivity index (χ2v) is 5.84. The van der Waals surface area contributed by atoms with Crippen molar-refractivity contribution in [3.05, 3.63) is 0 Å². The fraction of sp³-hybridized carbons (Fsp3) is 1.00. The van der Waals surface area contributed by atoms with Gasteiger partial charge in [0.1, 0.15) is 0 Å². The Morgan fingerprint density at radius 2 is 1.92 bits per heavy atom. The van der Waals surface area contributed by atoms with Crippen LogP contribution in [0.4, 0.5) is 0 Å². The zero-order chi connectivity index (χ0) is 9.61. The highest BCUT2D eigenvalue weighted by atomic mass is 32.2. The van der Waals surface area contributed by atoms with E-state index >= 15 is 0 Å². The minimum atomic E-state index is 0.419. The van der Waals surface area contributed by atoms with Gasteiger partial charge in [0.15, 0.2) is 0 Å². The number of hydrogen-bond acceptors (Lipinski definition) is 2. The first-order chi connectivity index (χ1) is 5.52. The molecule has 0 aromatic rings. The molecule has 0 radical (unpaired) electrons. The minimum absolute atomic E-state index is 0.419. The molecule has 0 aliphatic heterocycles. The second-order valence-electron chi connectivity index (χ2n) is 4.32. The predicted molar refractivity (Wildman–Crippen MR) is 64.4 cm³/mol. The van der Waals surface area contributed by atoms with Crippen LogP contribution in [0.25, 0.3) is 0 Å². The highest BCUT2D eigenvalue weighted by molar-refractivity contribution is 7.99. The van der Waals surface area contributed by atoms with Gasteiger partial charge in [0.2, 0.25) is 0 Å². The zero-order valence-corrected chi connectivity index (χ0v) is 10.5. The molecule has 0 saturated carbocycles. The highest BCUT2D eigenvalue weighted by Crippen LogP contribution is 2.29. The highest BCUT2D eigenvalue weighted by Gasteiger charge is 2.22. The van der Waals surface area contributed by atoms with Crippen LogP contribution < -0.4 is 0 Å². The van der Waals surface area contributed by atoms with E-state index in [2.05, 4.69) is 52.1 Å². The van der Waals surface area contributed by atoms with Crippen LogP contribution in [0.3, 0.4) is 0 Å². The molecule has 0 aromatic carbocycles. The third-order valence-electron chi connectivity index (χ3n) is 2.11.